The molecule has 1 aromatic carbocycles. The van der Waals surface area contributed by atoms with E-state index in [0.29, 0.717) is 0 Å². The van der Waals surface area contributed by atoms with Crippen LogP contribution in [-0.4, -0.2) is 8.42 Å². The Bertz CT molecular complexity index is 404. The maximum Gasteiger partial charge on any atom is 0.333 e. The number of halogens is 2. The summed E-state index contributed by atoms with van der Waals surface area (Å²) in [5, 5.41) is -0.211. The van der Waals surface area contributed by atoms with Crippen LogP contribution in [0.1, 0.15) is 0 Å². The van der Waals surface area contributed by atoms with E-state index in [9.17, 15) is 12.3 Å². The first kappa shape index (κ1) is 9.28. The molecule has 0 unspecified atom stereocenters. The van der Waals surface area contributed by atoms with Gasteiger partial charge in [-0.1, -0.05) is 11.6 Å². The first-order valence-electron chi connectivity index (χ1n) is 2.91. The van der Waals surface area contributed by atoms with Crippen LogP contribution >= 0.6 is 11.6 Å². The Balaban J connectivity index is 3.39. The summed E-state index contributed by atoms with van der Waals surface area (Å²) in [5.41, 5.74) is 5.55. The van der Waals surface area contributed by atoms with Crippen LogP contribution in [0.25, 0.3) is 0 Å². The van der Waals surface area contributed by atoms with E-state index in [0.717, 1.165) is 6.07 Å². The fraction of sp³-hybridized carbons (Fsp3) is 0. The van der Waals surface area contributed by atoms with Gasteiger partial charge in [-0.3, -0.25) is 0 Å². The lowest BCUT2D eigenvalue weighted by atomic mass is 10.3. The number of hydrogen-bond donors (Lipinski definition) is 1. The molecule has 0 heterocycles. The molecular weight excluding hydrogens is 205 g/mol. The van der Waals surface area contributed by atoms with Crippen molar-refractivity contribution >= 4 is 27.5 Å². The highest BCUT2D eigenvalue weighted by atomic mass is 35.5. The molecule has 6 heteroatoms. The Morgan fingerprint density at radius 3 is 2.42 bits per heavy atom. The molecule has 1 aromatic rings. The van der Waals surface area contributed by atoms with E-state index < -0.39 is 15.1 Å². The molecule has 0 bridgehead atoms. The number of rotatable bonds is 1. The highest BCUT2D eigenvalue weighted by Gasteiger charge is 2.15. The molecular formula is C6H5ClFNO2S. The second kappa shape index (κ2) is 2.91. The Hall–Kier alpha value is -0.810. The second-order valence-corrected chi connectivity index (χ2v) is 3.85. The lowest BCUT2D eigenvalue weighted by Crippen LogP contribution is -1.94. The van der Waals surface area contributed by atoms with Crippen LogP contribution in [0.5, 0.6) is 0 Å². The predicted molar refractivity (Wildman–Crippen MR) is 44.2 cm³/mol. The molecule has 0 spiro atoms. The van der Waals surface area contributed by atoms with E-state index >= 15 is 0 Å². The number of nitrogens with two attached hydrogens (primary N) is 1. The van der Waals surface area contributed by atoms with Gasteiger partial charge in [0.2, 0.25) is 0 Å². The van der Waals surface area contributed by atoms with Crippen molar-refractivity contribution in [1.29, 1.82) is 0 Å². The van der Waals surface area contributed by atoms with Crippen LogP contribution in [0.3, 0.4) is 0 Å². The fourth-order valence-corrected chi connectivity index (χ4v) is 1.70. The highest BCUT2D eigenvalue weighted by Crippen LogP contribution is 2.24. The van der Waals surface area contributed by atoms with Crippen LogP contribution in [-0.2, 0) is 10.2 Å². The molecule has 0 aromatic heterocycles. The van der Waals surface area contributed by atoms with E-state index in [1.54, 1.807) is 0 Å². The van der Waals surface area contributed by atoms with Crippen LogP contribution in [0, 0.1) is 0 Å². The summed E-state index contributed by atoms with van der Waals surface area (Å²) in [5.74, 6) is 0. The zero-order valence-electron chi connectivity index (χ0n) is 5.79. The van der Waals surface area contributed by atoms with Crippen molar-refractivity contribution in [2.24, 2.45) is 0 Å². The Kier molecular flexibility index (Phi) is 2.25. The zero-order chi connectivity index (χ0) is 9.35. The summed E-state index contributed by atoms with van der Waals surface area (Å²) in [6.45, 7) is 0. The zero-order valence-corrected chi connectivity index (χ0v) is 7.36. The summed E-state index contributed by atoms with van der Waals surface area (Å²) >= 11 is 5.41. The topological polar surface area (TPSA) is 60.2 Å². The van der Waals surface area contributed by atoms with Crippen LogP contribution < -0.4 is 5.73 Å². The van der Waals surface area contributed by atoms with Crippen molar-refractivity contribution in [1.82, 2.24) is 0 Å². The number of anilines is 1. The first-order valence-corrected chi connectivity index (χ1v) is 4.67. The first-order chi connectivity index (χ1) is 5.41. The van der Waals surface area contributed by atoms with Gasteiger partial charge in [-0.05, 0) is 18.2 Å². The molecule has 0 aliphatic carbocycles. The Morgan fingerprint density at radius 2 is 2.00 bits per heavy atom. The van der Waals surface area contributed by atoms with Gasteiger partial charge in [0.25, 0.3) is 0 Å². The highest BCUT2D eigenvalue weighted by molar-refractivity contribution is 7.86. The minimum Gasteiger partial charge on any atom is -0.399 e. The third-order valence-electron chi connectivity index (χ3n) is 1.22. The van der Waals surface area contributed by atoms with E-state index in [1.165, 1.54) is 12.1 Å². The molecule has 0 saturated heterocycles. The normalized spacial score (nSPS) is 11.5. The molecule has 0 radical (unpaired) electrons. The molecule has 12 heavy (non-hydrogen) atoms. The standard InChI is InChI=1S/C6H5ClFNO2S/c7-5-3-4(9)1-2-6(5)12(8,10)11/h1-3H,9H2. The number of benzene rings is 1. The van der Waals surface area contributed by atoms with Crippen molar-refractivity contribution in [3.63, 3.8) is 0 Å². The number of hydrogen-bond acceptors (Lipinski definition) is 3. The molecule has 66 valence electrons. The van der Waals surface area contributed by atoms with Gasteiger partial charge in [0.05, 0.1) is 5.02 Å². The third-order valence-corrected chi connectivity index (χ3v) is 2.52. The molecule has 2 N–H and O–H groups in total. The second-order valence-electron chi connectivity index (χ2n) is 2.13. The minimum absolute atomic E-state index is 0.211. The van der Waals surface area contributed by atoms with Crippen molar-refractivity contribution in [2.75, 3.05) is 5.73 Å². The third kappa shape index (κ3) is 1.86. The molecule has 1 rings (SSSR count). The van der Waals surface area contributed by atoms with Crippen LogP contribution in [0.4, 0.5) is 9.57 Å². The van der Waals surface area contributed by atoms with E-state index in [4.69, 9.17) is 17.3 Å². The van der Waals surface area contributed by atoms with Gasteiger partial charge in [-0.25, -0.2) is 0 Å². The van der Waals surface area contributed by atoms with Gasteiger partial charge >= 0.3 is 10.2 Å². The lowest BCUT2D eigenvalue weighted by molar-refractivity contribution is 0.552. The quantitative estimate of drug-likeness (QED) is 0.564. The van der Waals surface area contributed by atoms with E-state index in [2.05, 4.69) is 0 Å². The average molecular weight is 210 g/mol. The molecule has 0 saturated carbocycles. The van der Waals surface area contributed by atoms with Crippen molar-refractivity contribution in [2.45, 2.75) is 4.90 Å². The van der Waals surface area contributed by atoms with Gasteiger partial charge in [0, 0.05) is 5.69 Å². The summed E-state index contributed by atoms with van der Waals surface area (Å²) in [6, 6.07) is 3.46. The van der Waals surface area contributed by atoms with Crippen molar-refractivity contribution in [3.05, 3.63) is 23.2 Å². The minimum atomic E-state index is -4.74. The van der Waals surface area contributed by atoms with Gasteiger partial charge in [-0.2, -0.15) is 8.42 Å². The molecule has 0 amide bonds. The molecule has 0 atom stereocenters. The van der Waals surface area contributed by atoms with Gasteiger partial charge < -0.3 is 5.73 Å². The predicted octanol–water partition coefficient (Wildman–Crippen LogP) is 1.58. The summed E-state index contributed by atoms with van der Waals surface area (Å²) in [4.78, 5) is -0.557. The van der Waals surface area contributed by atoms with Gasteiger partial charge in [0.1, 0.15) is 4.90 Å². The smallest absolute Gasteiger partial charge is 0.333 e. The number of nitrogen functional groups attached to an aromatic ring is 1. The molecule has 0 aliphatic heterocycles. The molecule has 0 aliphatic rings. The van der Waals surface area contributed by atoms with Gasteiger partial charge in [-0.15, -0.1) is 3.89 Å². The van der Waals surface area contributed by atoms with Crippen molar-refractivity contribution in [3.8, 4) is 0 Å². The molecule has 3 nitrogen and oxygen atoms in total. The fourth-order valence-electron chi connectivity index (χ4n) is 0.715. The van der Waals surface area contributed by atoms with E-state index in [-0.39, 0.29) is 10.7 Å². The van der Waals surface area contributed by atoms with Crippen LogP contribution in [0.15, 0.2) is 23.1 Å². The SMILES string of the molecule is Nc1ccc(S(=O)(=O)F)c(Cl)c1. The molecule has 0 fully saturated rings. The monoisotopic (exact) mass is 209 g/mol. The maximum atomic E-state index is 12.4. The van der Waals surface area contributed by atoms with Gasteiger partial charge in [0.15, 0.2) is 0 Å². The van der Waals surface area contributed by atoms with Crippen LogP contribution in [0.2, 0.25) is 5.02 Å². The summed E-state index contributed by atoms with van der Waals surface area (Å²) in [6.07, 6.45) is 0. The largest absolute Gasteiger partial charge is 0.399 e. The Morgan fingerprint density at radius 1 is 1.42 bits per heavy atom. The Labute approximate surface area is 74.2 Å². The average Bonchev–Trinajstić information content (AvgIpc) is 1.83. The lowest BCUT2D eigenvalue weighted by Gasteiger charge is -1.98. The summed E-state index contributed by atoms with van der Waals surface area (Å²) < 4.78 is 33.1. The van der Waals surface area contributed by atoms with Crippen molar-refractivity contribution < 1.29 is 12.3 Å². The summed E-state index contributed by atoms with van der Waals surface area (Å²) in [7, 11) is -4.74. The van der Waals surface area contributed by atoms with E-state index in [1.807, 2.05) is 0 Å². The maximum absolute atomic E-state index is 12.4.